The molecule has 1 unspecified atom stereocenters. The molecule has 1 saturated carbocycles. The van der Waals surface area contributed by atoms with Crippen molar-refractivity contribution in [2.75, 3.05) is 12.4 Å². The van der Waals surface area contributed by atoms with Crippen LogP contribution < -0.4 is 4.74 Å². The predicted octanol–water partition coefficient (Wildman–Crippen LogP) is 5.82. The second kappa shape index (κ2) is 11.1. The summed E-state index contributed by atoms with van der Waals surface area (Å²) < 4.78 is 30.3. The van der Waals surface area contributed by atoms with Crippen molar-refractivity contribution < 1.29 is 13.2 Å². The lowest BCUT2D eigenvalue weighted by atomic mass is 9.80. The van der Waals surface area contributed by atoms with Gasteiger partial charge in [-0.2, -0.15) is 0 Å². The van der Waals surface area contributed by atoms with E-state index in [1.165, 1.54) is 31.2 Å². The molecule has 154 valence electrons. The highest BCUT2D eigenvalue weighted by Crippen LogP contribution is 2.33. The molecule has 1 aromatic carbocycles. The highest BCUT2D eigenvalue weighted by atomic mass is 32.2. The molecule has 1 aliphatic carbocycles. The lowest BCUT2D eigenvalue weighted by Crippen LogP contribution is -2.27. The Bertz CT molecular complexity index is 628. The summed E-state index contributed by atoms with van der Waals surface area (Å²) in [5, 5.41) is -0.186. The van der Waals surface area contributed by atoms with Gasteiger partial charge in [-0.25, -0.2) is 8.42 Å². The van der Waals surface area contributed by atoms with E-state index in [1.54, 1.807) is 0 Å². The molecule has 3 nitrogen and oxygen atoms in total. The van der Waals surface area contributed by atoms with Crippen molar-refractivity contribution >= 4 is 9.84 Å². The zero-order valence-electron chi connectivity index (χ0n) is 17.5. The molecule has 1 aliphatic rings. The van der Waals surface area contributed by atoms with E-state index in [-0.39, 0.29) is 5.25 Å². The quantitative estimate of drug-likeness (QED) is 0.475. The van der Waals surface area contributed by atoms with Crippen LogP contribution in [0.25, 0.3) is 0 Å². The number of hydrogen-bond acceptors (Lipinski definition) is 3. The minimum Gasteiger partial charge on any atom is -0.494 e. The van der Waals surface area contributed by atoms with Gasteiger partial charge in [-0.15, -0.1) is 0 Å². The second-order valence-corrected chi connectivity index (χ2v) is 10.8. The molecule has 0 bridgehead atoms. The first-order chi connectivity index (χ1) is 12.9. The summed E-state index contributed by atoms with van der Waals surface area (Å²) in [5.41, 5.74) is 1.38. The molecule has 2 rings (SSSR count). The lowest BCUT2D eigenvalue weighted by Gasteiger charge is -2.29. The molecule has 0 amide bonds. The van der Waals surface area contributed by atoms with Crippen molar-refractivity contribution in [1.29, 1.82) is 0 Å². The van der Waals surface area contributed by atoms with Crippen LogP contribution >= 0.6 is 0 Å². The highest BCUT2D eigenvalue weighted by molar-refractivity contribution is 7.92. The third kappa shape index (κ3) is 7.48. The highest BCUT2D eigenvalue weighted by Gasteiger charge is 2.27. The molecule has 4 heteroatoms. The van der Waals surface area contributed by atoms with E-state index >= 15 is 0 Å². The monoisotopic (exact) mass is 394 g/mol. The summed E-state index contributed by atoms with van der Waals surface area (Å²) in [7, 11) is -2.90. The maximum Gasteiger partial charge on any atom is 0.153 e. The summed E-state index contributed by atoms with van der Waals surface area (Å²) in [6, 6.07) is 8.52. The summed E-state index contributed by atoms with van der Waals surface area (Å²) in [6.07, 6.45) is 9.93. The Morgan fingerprint density at radius 2 is 1.67 bits per heavy atom. The average molecular weight is 395 g/mol. The van der Waals surface area contributed by atoms with Gasteiger partial charge in [0.2, 0.25) is 0 Å². The fraction of sp³-hybridized carbons (Fsp3) is 0.739. The van der Waals surface area contributed by atoms with Gasteiger partial charge >= 0.3 is 0 Å². The molecule has 0 spiro atoms. The Hall–Kier alpha value is -1.03. The Balaban J connectivity index is 1.66. The van der Waals surface area contributed by atoms with Gasteiger partial charge in [0.15, 0.2) is 9.84 Å². The molecule has 27 heavy (non-hydrogen) atoms. The zero-order valence-corrected chi connectivity index (χ0v) is 18.3. The molecular weight excluding hydrogens is 356 g/mol. The smallest absolute Gasteiger partial charge is 0.153 e. The van der Waals surface area contributed by atoms with Gasteiger partial charge in [-0.1, -0.05) is 45.2 Å². The van der Waals surface area contributed by atoms with Gasteiger partial charge in [0.05, 0.1) is 17.6 Å². The number of aryl methyl sites for hydroxylation is 1. The molecule has 0 aliphatic heterocycles. The van der Waals surface area contributed by atoms with Crippen molar-refractivity contribution in [2.24, 2.45) is 11.8 Å². The minimum absolute atomic E-state index is 0.186. The van der Waals surface area contributed by atoms with Crippen LogP contribution in [0.5, 0.6) is 5.75 Å². The predicted molar refractivity (Wildman–Crippen MR) is 114 cm³/mol. The second-order valence-electron chi connectivity index (χ2n) is 8.32. The molecule has 1 fully saturated rings. The Morgan fingerprint density at radius 1 is 1.04 bits per heavy atom. The van der Waals surface area contributed by atoms with E-state index in [1.807, 2.05) is 13.8 Å². The fourth-order valence-electron chi connectivity index (χ4n) is 4.00. The fourth-order valence-corrected chi connectivity index (χ4v) is 5.83. The summed E-state index contributed by atoms with van der Waals surface area (Å²) >= 11 is 0. The Labute approximate surface area is 166 Å². The van der Waals surface area contributed by atoms with Crippen LogP contribution in [0, 0.1) is 11.8 Å². The van der Waals surface area contributed by atoms with E-state index in [0.717, 1.165) is 50.4 Å². The van der Waals surface area contributed by atoms with Gasteiger partial charge in [0.25, 0.3) is 0 Å². The van der Waals surface area contributed by atoms with E-state index in [4.69, 9.17) is 4.74 Å². The molecule has 0 heterocycles. The van der Waals surface area contributed by atoms with Crippen LogP contribution in [0.3, 0.4) is 0 Å². The van der Waals surface area contributed by atoms with Gasteiger partial charge in [-0.05, 0) is 75.0 Å². The number of rotatable bonds is 11. The molecule has 1 atom stereocenters. The normalized spacial score (nSPS) is 21.7. The first kappa shape index (κ1) is 22.3. The van der Waals surface area contributed by atoms with Gasteiger partial charge in [0, 0.05) is 0 Å². The third-order valence-corrected chi connectivity index (χ3v) is 8.59. The van der Waals surface area contributed by atoms with E-state index in [0.29, 0.717) is 11.7 Å². The Kier molecular flexibility index (Phi) is 9.14. The average Bonchev–Trinajstić information content (AvgIpc) is 2.67. The topological polar surface area (TPSA) is 43.4 Å². The number of hydrogen-bond donors (Lipinski definition) is 0. The maximum absolute atomic E-state index is 12.3. The van der Waals surface area contributed by atoms with Crippen LogP contribution in [0.4, 0.5) is 0 Å². The van der Waals surface area contributed by atoms with E-state index < -0.39 is 9.84 Å². The summed E-state index contributed by atoms with van der Waals surface area (Å²) in [5.74, 6) is 2.53. The summed E-state index contributed by atoms with van der Waals surface area (Å²) in [6.45, 7) is 6.71. The molecule has 0 radical (unpaired) electrons. The third-order valence-electron chi connectivity index (χ3n) is 6.10. The standard InChI is InChI=1S/C23H38O3S/c1-4-17-26-23-15-13-21(14-16-23)8-6-7-20-9-11-22(12-10-20)18-27(24,25)19(3)5-2/h13-16,19-20,22H,4-12,17-18H2,1-3H3. The summed E-state index contributed by atoms with van der Waals surface area (Å²) in [4.78, 5) is 0. The maximum atomic E-state index is 12.3. The van der Waals surface area contributed by atoms with Crippen molar-refractivity contribution in [3.05, 3.63) is 29.8 Å². The molecule has 0 saturated heterocycles. The SMILES string of the molecule is CCCOc1ccc(CCCC2CCC(CS(=O)(=O)C(C)CC)CC2)cc1. The van der Waals surface area contributed by atoms with Gasteiger partial charge < -0.3 is 4.74 Å². The molecule has 0 N–H and O–H groups in total. The van der Waals surface area contributed by atoms with Crippen LogP contribution in [0.2, 0.25) is 0 Å². The van der Waals surface area contributed by atoms with E-state index in [2.05, 4.69) is 31.2 Å². The van der Waals surface area contributed by atoms with Crippen LogP contribution in [0.1, 0.15) is 77.7 Å². The number of ether oxygens (including phenoxy) is 1. The zero-order chi connectivity index (χ0) is 19.7. The van der Waals surface area contributed by atoms with Crippen molar-refractivity contribution in [1.82, 2.24) is 0 Å². The van der Waals surface area contributed by atoms with Crippen molar-refractivity contribution in [2.45, 2.75) is 83.8 Å². The lowest BCUT2D eigenvalue weighted by molar-refractivity contribution is 0.274. The Morgan fingerprint density at radius 3 is 2.26 bits per heavy atom. The first-order valence-corrected chi connectivity index (χ1v) is 12.6. The molecule has 0 aromatic heterocycles. The number of benzene rings is 1. The van der Waals surface area contributed by atoms with Crippen LogP contribution in [-0.4, -0.2) is 26.0 Å². The van der Waals surface area contributed by atoms with Gasteiger partial charge in [-0.3, -0.25) is 0 Å². The molecular formula is C23H38O3S. The van der Waals surface area contributed by atoms with Crippen molar-refractivity contribution in [3.8, 4) is 5.75 Å². The number of sulfone groups is 1. The van der Waals surface area contributed by atoms with Crippen molar-refractivity contribution in [3.63, 3.8) is 0 Å². The van der Waals surface area contributed by atoms with E-state index in [9.17, 15) is 8.42 Å². The van der Waals surface area contributed by atoms with Crippen LogP contribution in [0.15, 0.2) is 24.3 Å². The first-order valence-electron chi connectivity index (χ1n) is 10.9. The largest absolute Gasteiger partial charge is 0.494 e. The van der Waals surface area contributed by atoms with Gasteiger partial charge in [0.1, 0.15) is 5.75 Å². The molecule has 1 aromatic rings. The minimum atomic E-state index is -2.90. The van der Waals surface area contributed by atoms with Crippen LogP contribution in [-0.2, 0) is 16.3 Å².